The Labute approximate surface area is 146 Å². The molecule has 0 atom stereocenters. The lowest BCUT2D eigenvalue weighted by Gasteiger charge is -2.08. The summed E-state index contributed by atoms with van der Waals surface area (Å²) in [6.07, 6.45) is 1.56. The summed E-state index contributed by atoms with van der Waals surface area (Å²) in [6.45, 7) is 5.99. The second kappa shape index (κ2) is 6.70. The van der Waals surface area contributed by atoms with E-state index in [9.17, 15) is 10.1 Å². The van der Waals surface area contributed by atoms with Crippen molar-refractivity contribution in [1.29, 1.82) is 5.26 Å². The van der Waals surface area contributed by atoms with Gasteiger partial charge in [0.05, 0.1) is 0 Å². The summed E-state index contributed by atoms with van der Waals surface area (Å²) in [5.41, 5.74) is 4.44. The van der Waals surface area contributed by atoms with E-state index in [1.165, 1.54) is 0 Å². The highest BCUT2D eigenvalue weighted by Gasteiger charge is 2.16. The Hall–Kier alpha value is -3.26. The Morgan fingerprint density at radius 3 is 2.36 bits per heavy atom. The zero-order chi connectivity index (χ0) is 18.0. The van der Waals surface area contributed by atoms with Gasteiger partial charge in [0.1, 0.15) is 11.6 Å². The molecule has 25 heavy (non-hydrogen) atoms. The highest BCUT2D eigenvalue weighted by Crippen LogP contribution is 2.35. The van der Waals surface area contributed by atoms with Crippen molar-refractivity contribution in [2.75, 3.05) is 12.1 Å². The molecule has 1 N–H and O–H groups in total. The Balaban J connectivity index is 1.88. The molecule has 1 aliphatic heterocycles. The van der Waals surface area contributed by atoms with E-state index in [4.69, 9.17) is 9.47 Å². The molecule has 3 rings (SSSR count). The lowest BCUT2D eigenvalue weighted by Crippen LogP contribution is -2.13. The molecule has 1 aliphatic rings. The fourth-order valence-electron chi connectivity index (χ4n) is 2.76. The lowest BCUT2D eigenvalue weighted by molar-refractivity contribution is -0.112. The second-order valence-corrected chi connectivity index (χ2v) is 6.06. The van der Waals surface area contributed by atoms with Crippen molar-refractivity contribution in [3.8, 4) is 17.6 Å². The number of anilines is 1. The number of benzene rings is 2. The minimum atomic E-state index is -0.440. The standard InChI is InChI=1S/C20H18N2O3/c1-12-4-13(2)6-17(5-12)22-20(23)16(10-21)8-15-9-19-18(7-14(15)3)24-11-25-19/h4-9H,11H2,1-3H3,(H,22,23)/b16-8+. The average molecular weight is 334 g/mol. The molecular weight excluding hydrogens is 316 g/mol. The van der Waals surface area contributed by atoms with Gasteiger partial charge in [-0.1, -0.05) is 6.07 Å². The molecule has 2 aromatic rings. The number of ether oxygens (including phenoxy) is 2. The maximum atomic E-state index is 12.5. The molecule has 0 spiro atoms. The summed E-state index contributed by atoms with van der Waals surface area (Å²) in [5.74, 6) is 0.848. The third kappa shape index (κ3) is 3.64. The smallest absolute Gasteiger partial charge is 0.266 e. The van der Waals surface area contributed by atoms with E-state index in [0.29, 0.717) is 17.2 Å². The van der Waals surface area contributed by atoms with Crippen LogP contribution in [0.3, 0.4) is 0 Å². The molecule has 5 heteroatoms. The van der Waals surface area contributed by atoms with Crippen molar-refractivity contribution < 1.29 is 14.3 Å². The van der Waals surface area contributed by atoms with Crippen molar-refractivity contribution in [3.63, 3.8) is 0 Å². The zero-order valence-electron chi connectivity index (χ0n) is 14.3. The topological polar surface area (TPSA) is 71.4 Å². The Kier molecular flexibility index (Phi) is 4.44. The molecule has 0 aromatic heterocycles. The predicted molar refractivity (Wildman–Crippen MR) is 95.4 cm³/mol. The number of nitriles is 1. The largest absolute Gasteiger partial charge is 0.454 e. The molecule has 0 aliphatic carbocycles. The molecule has 0 unspecified atom stereocenters. The third-order valence-corrected chi connectivity index (χ3v) is 3.91. The van der Waals surface area contributed by atoms with Gasteiger partial charge in [-0.2, -0.15) is 5.26 Å². The first-order chi connectivity index (χ1) is 12.0. The van der Waals surface area contributed by atoms with E-state index >= 15 is 0 Å². The highest BCUT2D eigenvalue weighted by molar-refractivity contribution is 6.09. The van der Waals surface area contributed by atoms with Crippen molar-refractivity contribution in [3.05, 3.63) is 58.2 Å². The Bertz CT molecular complexity index is 903. The fraction of sp³-hybridized carbons (Fsp3) is 0.200. The van der Waals surface area contributed by atoms with Crippen LogP contribution >= 0.6 is 0 Å². The van der Waals surface area contributed by atoms with Crippen LogP contribution in [0.25, 0.3) is 6.08 Å². The summed E-state index contributed by atoms with van der Waals surface area (Å²) in [6, 6.07) is 11.3. The van der Waals surface area contributed by atoms with Gasteiger partial charge in [0, 0.05) is 5.69 Å². The SMILES string of the molecule is Cc1cc(C)cc(NC(=O)/C(C#N)=C/c2cc3c(cc2C)OCO3)c1. The van der Waals surface area contributed by atoms with Crippen LogP contribution in [-0.2, 0) is 4.79 Å². The van der Waals surface area contributed by atoms with Crippen LogP contribution in [-0.4, -0.2) is 12.7 Å². The van der Waals surface area contributed by atoms with Crippen LogP contribution in [0.15, 0.2) is 35.9 Å². The normalized spacial score (nSPS) is 12.6. The van der Waals surface area contributed by atoms with Gasteiger partial charge >= 0.3 is 0 Å². The summed E-state index contributed by atoms with van der Waals surface area (Å²) in [4.78, 5) is 12.5. The number of carbonyl (C=O) groups excluding carboxylic acids is 1. The average Bonchev–Trinajstić information content (AvgIpc) is 2.98. The minimum absolute atomic E-state index is 0.0288. The number of hydrogen-bond donors (Lipinski definition) is 1. The van der Waals surface area contributed by atoms with Crippen LogP contribution < -0.4 is 14.8 Å². The van der Waals surface area contributed by atoms with E-state index in [0.717, 1.165) is 22.3 Å². The highest BCUT2D eigenvalue weighted by atomic mass is 16.7. The van der Waals surface area contributed by atoms with Gasteiger partial charge in [0.2, 0.25) is 6.79 Å². The second-order valence-electron chi connectivity index (χ2n) is 6.06. The van der Waals surface area contributed by atoms with Gasteiger partial charge in [-0.3, -0.25) is 4.79 Å². The van der Waals surface area contributed by atoms with Crippen LogP contribution in [0.4, 0.5) is 5.69 Å². The summed E-state index contributed by atoms with van der Waals surface area (Å²) < 4.78 is 10.7. The number of amides is 1. The Morgan fingerprint density at radius 2 is 1.72 bits per heavy atom. The van der Waals surface area contributed by atoms with Crippen LogP contribution in [0, 0.1) is 32.1 Å². The van der Waals surface area contributed by atoms with Crippen LogP contribution in [0.2, 0.25) is 0 Å². The fourth-order valence-corrected chi connectivity index (χ4v) is 2.76. The number of carbonyl (C=O) groups is 1. The molecular formula is C20H18N2O3. The summed E-state index contributed by atoms with van der Waals surface area (Å²) >= 11 is 0. The maximum Gasteiger partial charge on any atom is 0.266 e. The molecule has 0 fully saturated rings. The number of nitrogens with one attached hydrogen (secondary N) is 1. The number of aryl methyl sites for hydroxylation is 3. The van der Waals surface area contributed by atoms with Gasteiger partial charge in [-0.15, -0.1) is 0 Å². The van der Waals surface area contributed by atoms with Crippen molar-refractivity contribution in [2.24, 2.45) is 0 Å². The molecule has 2 aromatic carbocycles. The molecule has 1 amide bonds. The molecule has 0 bridgehead atoms. The first-order valence-corrected chi connectivity index (χ1v) is 7.88. The summed E-state index contributed by atoms with van der Waals surface area (Å²) in [7, 11) is 0. The van der Waals surface area contributed by atoms with Gasteiger partial charge in [0.15, 0.2) is 11.5 Å². The van der Waals surface area contributed by atoms with E-state index < -0.39 is 5.91 Å². The number of nitrogens with zero attached hydrogens (tertiary/aromatic N) is 1. The van der Waals surface area contributed by atoms with E-state index in [1.807, 2.05) is 51.1 Å². The van der Waals surface area contributed by atoms with Crippen LogP contribution in [0.1, 0.15) is 22.3 Å². The van der Waals surface area contributed by atoms with Gasteiger partial charge in [-0.25, -0.2) is 0 Å². The van der Waals surface area contributed by atoms with Crippen molar-refractivity contribution >= 4 is 17.7 Å². The maximum absolute atomic E-state index is 12.5. The summed E-state index contributed by atoms with van der Waals surface area (Å²) in [5, 5.41) is 12.2. The Morgan fingerprint density at radius 1 is 1.08 bits per heavy atom. The quantitative estimate of drug-likeness (QED) is 0.683. The van der Waals surface area contributed by atoms with E-state index in [-0.39, 0.29) is 12.4 Å². The molecule has 126 valence electrons. The van der Waals surface area contributed by atoms with Gasteiger partial charge < -0.3 is 14.8 Å². The first kappa shape index (κ1) is 16.6. The number of fused-ring (bicyclic) bond motifs is 1. The lowest BCUT2D eigenvalue weighted by atomic mass is 10.0. The molecule has 0 radical (unpaired) electrons. The molecule has 0 saturated carbocycles. The van der Waals surface area contributed by atoms with Gasteiger partial charge in [-0.05, 0) is 73.4 Å². The first-order valence-electron chi connectivity index (χ1n) is 7.88. The zero-order valence-corrected chi connectivity index (χ0v) is 14.3. The van der Waals surface area contributed by atoms with E-state index in [2.05, 4.69) is 5.32 Å². The number of hydrogen-bond acceptors (Lipinski definition) is 4. The molecule has 0 saturated heterocycles. The predicted octanol–water partition coefficient (Wildman–Crippen LogP) is 3.89. The number of rotatable bonds is 3. The van der Waals surface area contributed by atoms with Crippen LogP contribution in [0.5, 0.6) is 11.5 Å². The monoisotopic (exact) mass is 334 g/mol. The van der Waals surface area contributed by atoms with E-state index in [1.54, 1.807) is 12.1 Å². The minimum Gasteiger partial charge on any atom is -0.454 e. The third-order valence-electron chi connectivity index (χ3n) is 3.91. The molecule has 5 nitrogen and oxygen atoms in total. The van der Waals surface area contributed by atoms with Crippen molar-refractivity contribution in [1.82, 2.24) is 0 Å². The van der Waals surface area contributed by atoms with Crippen molar-refractivity contribution in [2.45, 2.75) is 20.8 Å². The van der Waals surface area contributed by atoms with Gasteiger partial charge in [0.25, 0.3) is 5.91 Å². The molecule has 1 heterocycles.